The summed E-state index contributed by atoms with van der Waals surface area (Å²) in [5.74, 6) is 0.408. The van der Waals surface area contributed by atoms with Crippen LogP contribution in [0.25, 0.3) is 22.7 Å². The van der Waals surface area contributed by atoms with Crippen molar-refractivity contribution in [2.75, 3.05) is 5.32 Å². The van der Waals surface area contributed by atoms with Crippen LogP contribution in [-0.2, 0) is 0 Å². The fraction of sp³-hybridized carbons (Fsp3) is 0.0526. The standard InChI is InChI=1S/C19H13ClN4O3/c1-11-16(17(24-27-11)14-7-2-3-8-15(14)20)18(25)22-13-6-4-5-12(9-13)19-23-21-10-26-19/h2-10H,1H3,(H,22,25). The Bertz CT molecular complexity index is 1110. The third-order valence-electron chi connectivity index (χ3n) is 3.95. The molecule has 1 amide bonds. The average Bonchev–Trinajstić information content (AvgIpc) is 3.32. The van der Waals surface area contributed by atoms with Crippen LogP contribution < -0.4 is 5.32 Å². The third-order valence-corrected chi connectivity index (χ3v) is 4.28. The van der Waals surface area contributed by atoms with E-state index in [4.69, 9.17) is 20.5 Å². The molecule has 0 spiro atoms. The average molecular weight is 381 g/mol. The fourth-order valence-corrected chi connectivity index (χ4v) is 2.92. The fourth-order valence-electron chi connectivity index (χ4n) is 2.70. The van der Waals surface area contributed by atoms with Gasteiger partial charge in [-0.1, -0.05) is 41.0 Å². The molecule has 2 aromatic carbocycles. The van der Waals surface area contributed by atoms with Crippen molar-refractivity contribution in [3.8, 4) is 22.7 Å². The van der Waals surface area contributed by atoms with E-state index in [0.29, 0.717) is 44.7 Å². The molecule has 0 radical (unpaired) electrons. The Morgan fingerprint density at radius 1 is 1.15 bits per heavy atom. The van der Waals surface area contributed by atoms with Gasteiger partial charge in [-0.15, -0.1) is 10.2 Å². The van der Waals surface area contributed by atoms with Crippen LogP contribution in [0.5, 0.6) is 0 Å². The lowest BCUT2D eigenvalue weighted by molar-refractivity contribution is 0.102. The minimum Gasteiger partial charge on any atom is -0.423 e. The molecule has 0 aliphatic carbocycles. The summed E-state index contributed by atoms with van der Waals surface area (Å²) in [7, 11) is 0. The van der Waals surface area contributed by atoms with Gasteiger partial charge in [-0.25, -0.2) is 0 Å². The Labute approximate surface area is 159 Å². The maximum absolute atomic E-state index is 12.9. The van der Waals surface area contributed by atoms with E-state index in [0.717, 1.165) is 0 Å². The zero-order chi connectivity index (χ0) is 18.8. The molecule has 0 atom stereocenters. The molecule has 0 bridgehead atoms. The molecule has 4 rings (SSSR count). The number of aromatic nitrogens is 3. The van der Waals surface area contributed by atoms with Gasteiger partial charge in [0.1, 0.15) is 17.0 Å². The van der Waals surface area contributed by atoms with Crippen molar-refractivity contribution in [1.82, 2.24) is 15.4 Å². The summed E-state index contributed by atoms with van der Waals surface area (Å²) in [6, 6.07) is 14.2. The van der Waals surface area contributed by atoms with Crippen LogP contribution in [-0.4, -0.2) is 21.3 Å². The van der Waals surface area contributed by atoms with Crippen LogP contribution >= 0.6 is 11.6 Å². The van der Waals surface area contributed by atoms with Crippen molar-refractivity contribution in [2.45, 2.75) is 6.92 Å². The number of rotatable bonds is 4. The van der Waals surface area contributed by atoms with Crippen molar-refractivity contribution in [2.24, 2.45) is 0 Å². The molecule has 4 aromatic rings. The summed E-state index contributed by atoms with van der Waals surface area (Å²) < 4.78 is 10.4. The predicted molar refractivity (Wildman–Crippen MR) is 99.4 cm³/mol. The highest BCUT2D eigenvalue weighted by Gasteiger charge is 2.23. The van der Waals surface area contributed by atoms with E-state index >= 15 is 0 Å². The summed E-state index contributed by atoms with van der Waals surface area (Å²) in [6.07, 6.45) is 1.25. The van der Waals surface area contributed by atoms with Crippen LogP contribution in [0.4, 0.5) is 5.69 Å². The first-order valence-corrected chi connectivity index (χ1v) is 8.40. The van der Waals surface area contributed by atoms with Gasteiger partial charge in [0.25, 0.3) is 5.91 Å². The second kappa shape index (κ2) is 7.05. The second-order valence-electron chi connectivity index (χ2n) is 5.72. The minimum atomic E-state index is -0.355. The largest absolute Gasteiger partial charge is 0.423 e. The Hall–Kier alpha value is -3.45. The molecule has 2 heterocycles. The van der Waals surface area contributed by atoms with Crippen molar-refractivity contribution >= 4 is 23.2 Å². The molecule has 0 aliphatic heterocycles. The Balaban J connectivity index is 1.66. The highest BCUT2D eigenvalue weighted by atomic mass is 35.5. The van der Waals surface area contributed by atoms with Gasteiger partial charge in [0.15, 0.2) is 0 Å². The quantitative estimate of drug-likeness (QED) is 0.555. The number of amides is 1. The number of hydrogen-bond donors (Lipinski definition) is 1. The van der Waals surface area contributed by atoms with Gasteiger partial charge in [-0.3, -0.25) is 4.79 Å². The molecule has 0 aliphatic rings. The SMILES string of the molecule is Cc1onc(-c2ccccc2Cl)c1C(=O)Nc1cccc(-c2nnco2)c1. The zero-order valence-electron chi connectivity index (χ0n) is 14.1. The molecule has 27 heavy (non-hydrogen) atoms. The van der Waals surface area contributed by atoms with Crippen molar-refractivity contribution in [3.63, 3.8) is 0 Å². The van der Waals surface area contributed by atoms with Gasteiger partial charge < -0.3 is 14.3 Å². The van der Waals surface area contributed by atoms with Crippen LogP contribution in [0.3, 0.4) is 0 Å². The van der Waals surface area contributed by atoms with Gasteiger partial charge in [-0.2, -0.15) is 0 Å². The number of aryl methyl sites for hydroxylation is 1. The normalized spacial score (nSPS) is 10.7. The molecular weight excluding hydrogens is 368 g/mol. The topological polar surface area (TPSA) is 94.1 Å². The lowest BCUT2D eigenvalue weighted by atomic mass is 10.1. The molecule has 1 N–H and O–H groups in total. The van der Waals surface area contributed by atoms with Crippen molar-refractivity contribution in [3.05, 3.63) is 71.3 Å². The van der Waals surface area contributed by atoms with E-state index in [1.165, 1.54) is 6.39 Å². The molecule has 134 valence electrons. The predicted octanol–water partition coefficient (Wildman–Crippen LogP) is 4.61. The Morgan fingerprint density at radius 3 is 2.78 bits per heavy atom. The molecule has 2 aromatic heterocycles. The Morgan fingerprint density at radius 2 is 2.00 bits per heavy atom. The van der Waals surface area contributed by atoms with Crippen molar-refractivity contribution < 1.29 is 13.7 Å². The number of carbonyl (C=O) groups is 1. The molecule has 0 saturated heterocycles. The number of nitrogens with zero attached hydrogens (tertiary/aromatic N) is 3. The first kappa shape index (κ1) is 17.0. The number of halogens is 1. The van der Waals surface area contributed by atoms with E-state index in [9.17, 15) is 4.79 Å². The van der Waals surface area contributed by atoms with Crippen LogP contribution in [0.2, 0.25) is 5.02 Å². The van der Waals surface area contributed by atoms with E-state index in [2.05, 4.69) is 20.7 Å². The molecule has 8 heteroatoms. The van der Waals surface area contributed by atoms with Gasteiger partial charge >= 0.3 is 0 Å². The van der Waals surface area contributed by atoms with Crippen molar-refractivity contribution in [1.29, 1.82) is 0 Å². The van der Waals surface area contributed by atoms with Crippen LogP contribution in [0, 0.1) is 6.92 Å². The third kappa shape index (κ3) is 3.32. The zero-order valence-corrected chi connectivity index (χ0v) is 14.9. The van der Waals surface area contributed by atoms with E-state index in [1.807, 2.05) is 18.2 Å². The first-order valence-electron chi connectivity index (χ1n) is 8.02. The number of carbonyl (C=O) groups excluding carboxylic acids is 1. The minimum absolute atomic E-state index is 0.325. The maximum Gasteiger partial charge on any atom is 0.261 e. The molecule has 0 fully saturated rings. The smallest absolute Gasteiger partial charge is 0.261 e. The first-order chi connectivity index (χ1) is 13.1. The summed E-state index contributed by atoms with van der Waals surface area (Å²) in [4.78, 5) is 12.9. The lowest BCUT2D eigenvalue weighted by Gasteiger charge is -2.07. The summed E-state index contributed by atoms with van der Waals surface area (Å²) >= 11 is 6.25. The summed E-state index contributed by atoms with van der Waals surface area (Å²) in [5.41, 5.74) is 2.61. The van der Waals surface area contributed by atoms with Crippen LogP contribution in [0.15, 0.2) is 63.9 Å². The lowest BCUT2D eigenvalue weighted by Crippen LogP contribution is -2.13. The van der Waals surface area contributed by atoms with Gasteiger partial charge in [0, 0.05) is 16.8 Å². The van der Waals surface area contributed by atoms with Gasteiger partial charge in [-0.05, 0) is 31.2 Å². The molecular formula is C19H13ClN4O3. The Kier molecular flexibility index (Phi) is 4.43. The summed E-state index contributed by atoms with van der Waals surface area (Å²) in [6.45, 7) is 1.68. The monoisotopic (exact) mass is 380 g/mol. The highest BCUT2D eigenvalue weighted by Crippen LogP contribution is 2.31. The van der Waals surface area contributed by atoms with E-state index in [1.54, 1.807) is 37.3 Å². The summed E-state index contributed by atoms with van der Waals surface area (Å²) in [5, 5.41) is 14.9. The molecule has 7 nitrogen and oxygen atoms in total. The van der Waals surface area contributed by atoms with Crippen LogP contribution in [0.1, 0.15) is 16.1 Å². The molecule has 0 saturated carbocycles. The van der Waals surface area contributed by atoms with E-state index in [-0.39, 0.29) is 5.91 Å². The highest BCUT2D eigenvalue weighted by molar-refractivity contribution is 6.33. The number of anilines is 1. The maximum atomic E-state index is 12.9. The van der Waals surface area contributed by atoms with Gasteiger partial charge in [0.05, 0.1) is 5.02 Å². The number of hydrogen-bond acceptors (Lipinski definition) is 6. The van der Waals surface area contributed by atoms with E-state index < -0.39 is 0 Å². The number of benzene rings is 2. The second-order valence-corrected chi connectivity index (χ2v) is 6.13. The number of nitrogens with one attached hydrogen (secondary N) is 1. The van der Waals surface area contributed by atoms with Gasteiger partial charge in [0.2, 0.25) is 12.3 Å². The molecule has 0 unspecified atom stereocenters.